The summed E-state index contributed by atoms with van der Waals surface area (Å²) in [4.78, 5) is 0. The van der Waals surface area contributed by atoms with Crippen molar-refractivity contribution in [2.45, 2.75) is 33.0 Å². The fourth-order valence-electron chi connectivity index (χ4n) is 0.821. The maximum absolute atomic E-state index is 12.5. The molecule has 1 unspecified atom stereocenters. The van der Waals surface area contributed by atoms with Gasteiger partial charge in [0.05, 0.1) is 6.17 Å². The molecule has 0 spiro atoms. The molecule has 0 rings (SSSR count). The van der Waals surface area contributed by atoms with E-state index in [-0.39, 0.29) is 0 Å². The lowest BCUT2D eigenvalue weighted by Crippen LogP contribution is -2.25. The van der Waals surface area contributed by atoms with E-state index in [2.05, 4.69) is 0 Å². The topological polar surface area (TPSA) is 18.5 Å². The van der Waals surface area contributed by atoms with Crippen molar-refractivity contribution in [2.24, 2.45) is 0 Å². The predicted molar refractivity (Wildman–Crippen MR) is 45.8 cm³/mol. The van der Waals surface area contributed by atoms with Gasteiger partial charge >= 0.3 is 9.28 Å². The molecule has 0 fully saturated rings. The Labute approximate surface area is 69.5 Å². The monoisotopic (exact) mass is 180 g/mol. The summed E-state index contributed by atoms with van der Waals surface area (Å²) in [5.74, 6) is 0. The van der Waals surface area contributed by atoms with Crippen molar-refractivity contribution in [1.82, 2.24) is 0 Å². The summed E-state index contributed by atoms with van der Waals surface area (Å²) in [6.45, 7) is 6.61. The van der Waals surface area contributed by atoms with Gasteiger partial charge in [0.25, 0.3) is 0 Å². The second kappa shape index (κ2) is 6.76. The normalized spacial score (nSPS) is 13.9. The molecule has 0 saturated carbocycles. The van der Waals surface area contributed by atoms with Gasteiger partial charge in [-0.2, -0.15) is 0 Å². The molecule has 0 aliphatic heterocycles. The Balaban J connectivity index is 3.50. The Bertz CT molecular complexity index is 84.5. The van der Waals surface area contributed by atoms with Crippen LogP contribution in [0.25, 0.3) is 0 Å². The van der Waals surface area contributed by atoms with Crippen molar-refractivity contribution in [1.29, 1.82) is 0 Å². The van der Waals surface area contributed by atoms with E-state index in [0.717, 1.165) is 0 Å². The van der Waals surface area contributed by atoms with Gasteiger partial charge in [-0.25, -0.2) is 4.39 Å². The van der Waals surface area contributed by atoms with E-state index in [1.165, 1.54) is 6.92 Å². The highest BCUT2D eigenvalue weighted by Gasteiger charge is 2.15. The van der Waals surface area contributed by atoms with E-state index >= 15 is 0 Å². The number of halogens is 1. The minimum atomic E-state index is -1.67. The summed E-state index contributed by atoms with van der Waals surface area (Å²) < 4.78 is 23.0. The third kappa shape index (κ3) is 6.46. The minimum Gasteiger partial charge on any atom is -0.397 e. The summed E-state index contributed by atoms with van der Waals surface area (Å²) in [7, 11) is -1.67. The molecule has 0 aliphatic rings. The maximum atomic E-state index is 12.5. The van der Waals surface area contributed by atoms with Crippen LogP contribution in [0.5, 0.6) is 0 Å². The lowest BCUT2D eigenvalue weighted by molar-refractivity contribution is 0.204. The Morgan fingerprint density at radius 2 is 1.73 bits per heavy atom. The molecule has 0 aromatic heterocycles. The van der Waals surface area contributed by atoms with E-state index < -0.39 is 15.5 Å². The van der Waals surface area contributed by atoms with Gasteiger partial charge in [0, 0.05) is 19.3 Å². The van der Waals surface area contributed by atoms with E-state index in [0.29, 0.717) is 19.3 Å². The Kier molecular flexibility index (Phi) is 6.80. The fraction of sp³-hybridized carbons (Fsp3) is 1.00. The molecule has 0 amide bonds. The molecule has 2 nitrogen and oxygen atoms in total. The number of rotatable bonds is 6. The Morgan fingerprint density at radius 3 is 2.00 bits per heavy atom. The third-order valence-electron chi connectivity index (χ3n) is 1.22. The molecule has 0 aromatic carbocycles. The van der Waals surface area contributed by atoms with Gasteiger partial charge in [0.1, 0.15) is 0 Å². The minimum absolute atomic E-state index is 0.460. The molecule has 11 heavy (non-hydrogen) atoms. The number of hydrogen-bond donors (Lipinski definition) is 0. The smallest absolute Gasteiger partial charge is 0.324 e. The van der Waals surface area contributed by atoms with Crippen LogP contribution in [-0.2, 0) is 8.85 Å². The quantitative estimate of drug-likeness (QED) is 0.578. The molecule has 1 atom stereocenters. The SMILES string of the molecule is CCO[SiH](CC(C)F)OCC. The lowest BCUT2D eigenvalue weighted by Gasteiger charge is -2.14. The zero-order chi connectivity index (χ0) is 8.69. The van der Waals surface area contributed by atoms with Gasteiger partial charge in [-0.15, -0.1) is 0 Å². The highest BCUT2D eigenvalue weighted by molar-refractivity contribution is 6.44. The van der Waals surface area contributed by atoms with Crippen molar-refractivity contribution in [3.63, 3.8) is 0 Å². The average Bonchev–Trinajstić information content (AvgIpc) is 1.87. The molecule has 0 saturated heterocycles. The number of alkyl halides is 1. The zero-order valence-corrected chi connectivity index (χ0v) is 8.63. The summed E-state index contributed by atoms with van der Waals surface area (Å²) in [5.41, 5.74) is 0. The zero-order valence-electron chi connectivity index (χ0n) is 7.47. The third-order valence-corrected chi connectivity index (χ3v) is 3.67. The van der Waals surface area contributed by atoms with Gasteiger partial charge in [-0.3, -0.25) is 0 Å². The van der Waals surface area contributed by atoms with Crippen LogP contribution in [0.3, 0.4) is 0 Å². The second-order valence-corrected chi connectivity index (χ2v) is 4.35. The van der Waals surface area contributed by atoms with E-state index in [1.807, 2.05) is 13.8 Å². The van der Waals surface area contributed by atoms with Crippen molar-refractivity contribution in [3.05, 3.63) is 0 Å². The standard InChI is InChI=1S/C7H17FO2Si/c1-4-9-11(10-5-2)6-7(3)8/h7,11H,4-6H2,1-3H3. The Hall–Kier alpha value is 0.0669. The second-order valence-electron chi connectivity index (χ2n) is 2.36. The van der Waals surface area contributed by atoms with Crippen LogP contribution in [0.15, 0.2) is 0 Å². The van der Waals surface area contributed by atoms with Crippen LogP contribution >= 0.6 is 0 Å². The predicted octanol–water partition coefficient (Wildman–Crippen LogP) is 1.64. The Morgan fingerprint density at radius 1 is 1.27 bits per heavy atom. The van der Waals surface area contributed by atoms with Crippen LogP contribution in [0.2, 0.25) is 6.04 Å². The molecule has 0 aromatic rings. The summed E-state index contributed by atoms with van der Waals surface area (Å²) >= 11 is 0. The van der Waals surface area contributed by atoms with Crippen molar-refractivity contribution in [3.8, 4) is 0 Å². The summed E-state index contributed by atoms with van der Waals surface area (Å²) in [5, 5.41) is 0. The first kappa shape index (κ1) is 11.1. The highest BCUT2D eigenvalue weighted by Crippen LogP contribution is 2.04. The van der Waals surface area contributed by atoms with E-state index in [9.17, 15) is 4.39 Å². The number of hydrogen-bond acceptors (Lipinski definition) is 2. The largest absolute Gasteiger partial charge is 0.397 e. The first-order valence-electron chi connectivity index (χ1n) is 4.08. The first-order chi connectivity index (χ1) is 5.20. The molecule has 0 heterocycles. The van der Waals surface area contributed by atoms with Gasteiger partial charge in [0.15, 0.2) is 0 Å². The average molecular weight is 180 g/mol. The molecule has 0 radical (unpaired) electrons. The van der Waals surface area contributed by atoms with Gasteiger partial charge < -0.3 is 8.85 Å². The van der Waals surface area contributed by atoms with Gasteiger partial charge in [-0.1, -0.05) is 0 Å². The van der Waals surface area contributed by atoms with Crippen LogP contribution in [-0.4, -0.2) is 28.7 Å². The fourth-order valence-corrected chi connectivity index (χ4v) is 2.46. The van der Waals surface area contributed by atoms with E-state index in [4.69, 9.17) is 8.85 Å². The molecule has 4 heteroatoms. The van der Waals surface area contributed by atoms with Crippen LogP contribution in [0.1, 0.15) is 20.8 Å². The molecular formula is C7H17FO2Si. The highest BCUT2D eigenvalue weighted by atomic mass is 28.3. The molecule has 0 N–H and O–H groups in total. The van der Waals surface area contributed by atoms with Crippen molar-refractivity contribution < 1.29 is 13.2 Å². The van der Waals surface area contributed by atoms with E-state index in [1.54, 1.807) is 0 Å². The molecule has 0 bridgehead atoms. The van der Waals surface area contributed by atoms with Crippen LogP contribution < -0.4 is 0 Å². The van der Waals surface area contributed by atoms with Gasteiger partial charge in [-0.05, 0) is 20.8 Å². The van der Waals surface area contributed by atoms with Crippen LogP contribution in [0, 0.1) is 0 Å². The molecule has 68 valence electrons. The summed E-state index contributed by atoms with van der Waals surface area (Å²) in [6.07, 6.45) is -0.801. The first-order valence-corrected chi connectivity index (χ1v) is 5.83. The molecular weight excluding hydrogens is 163 g/mol. The lowest BCUT2D eigenvalue weighted by atomic mass is 10.5. The maximum Gasteiger partial charge on any atom is 0.324 e. The molecule has 0 aliphatic carbocycles. The van der Waals surface area contributed by atoms with Gasteiger partial charge in [0.2, 0.25) is 0 Å². The summed E-state index contributed by atoms with van der Waals surface area (Å²) in [6, 6.07) is 0.460. The van der Waals surface area contributed by atoms with Crippen molar-refractivity contribution >= 4 is 9.28 Å². The van der Waals surface area contributed by atoms with Crippen molar-refractivity contribution in [2.75, 3.05) is 13.2 Å². The van der Waals surface area contributed by atoms with Crippen LogP contribution in [0.4, 0.5) is 4.39 Å².